The summed E-state index contributed by atoms with van der Waals surface area (Å²) >= 11 is 5.56. The normalized spacial score (nSPS) is 12.6. The van der Waals surface area contributed by atoms with Crippen molar-refractivity contribution >= 4 is 23.4 Å². The number of hydrogen-bond donors (Lipinski definition) is 1. The molecule has 72 valence electrons. The van der Waals surface area contributed by atoms with E-state index in [-0.39, 0.29) is 5.91 Å². The summed E-state index contributed by atoms with van der Waals surface area (Å²) in [7, 11) is 0. The summed E-state index contributed by atoms with van der Waals surface area (Å²) in [5.41, 5.74) is 1.59. The first-order chi connectivity index (χ1) is 6.02. The first-order valence-electron chi connectivity index (χ1n) is 3.90. The number of aryl methyl sites for hydroxylation is 1. The zero-order valence-corrected chi connectivity index (χ0v) is 8.47. The number of anilines is 1. The summed E-state index contributed by atoms with van der Waals surface area (Å²) in [4.78, 5) is 11.1. The maximum Gasteiger partial charge on any atom is 0.244 e. The summed E-state index contributed by atoms with van der Waals surface area (Å²) in [5, 5.41) is 5.65. The van der Waals surface area contributed by atoms with E-state index < -0.39 is 5.38 Å². The summed E-state index contributed by atoms with van der Waals surface area (Å²) in [5.74, 6) is 0.0796. The van der Waals surface area contributed by atoms with Gasteiger partial charge in [0.25, 0.3) is 0 Å². The van der Waals surface area contributed by atoms with Gasteiger partial charge in [-0.1, -0.05) is 5.16 Å². The number of rotatable bonds is 2. The zero-order valence-electron chi connectivity index (χ0n) is 7.72. The van der Waals surface area contributed by atoms with E-state index >= 15 is 0 Å². The van der Waals surface area contributed by atoms with Gasteiger partial charge in [0.1, 0.15) is 5.38 Å². The van der Waals surface area contributed by atoms with Crippen molar-refractivity contribution in [1.82, 2.24) is 5.16 Å². The lowest BCUT2D eigenvalue weighted by Gasteiger charge is -2.02. The number of halogens is 1. The second-order valence-corrected chi connectivity index (χ2v) is 3.48. The van der Waals surface area contributed by atoms with Gasteiger partial charge >= 0.3 is 0 Å². The Hall–Kier alpha value is -1.03. The molecule has 1 heterocycles. The second kappa shape index (κ2) is 3.79. The van der Waals surface area contributed by atoms with E-state index in [1.807, 2.05) is 6.92 Å². The van der Waals surface area contributed by atoms with Crippen LogP contribution in [0.25, 0.3) is 0 Å². The molecule has 0 aromatic carbocycles. The van der Waals surface area contributed by atoms with Crippen molar-refractivity contribution in [1.29, 1.82) is 0 Å². The molecule has 1 aromatic heterocycles. The van der Waals surface area contributed by atoms with E-state index in [9.17, 15) is 4.79 Å². The number of alkyl halides is 1. The highest BCUT2D eigenvalue weighted by molar-refractivity contribution is 6.32. The molecule has 13 heavy (non-hydrogen) atoms. The predicted molar refractivity (Wildman–Crippen MR) is 49.9 cm³/mol. The maximum absolute atomic E-state index is 11.1. The fourth-order valence-corrected chi connectivity index (χ4v) is 0.798. The van der Waals surface area contributed by atoms with Gasteiger partial charge in [0, 0.05) is 5.56 Å². The highest BCUT2D eigenvalue weighted by Gasteiger charge is 2.14. The predicted octanol–water partition coefficient (Wildman–Crippen LogP) is 1.86. The zero-order chi connectivity index (χ0) is 10.0. The van der Waals surface area contributed by atoms with Gasteiger partial charge in [-0.05, 0) is 20.8 Å². The molecule has 1 N–H and O–H groups in total. The number of carbonyl (C=O) groups excluding carboxylic acids is 1. The van der Waals surface area contributed by atoms with Gasteiger partial charge < -0.3 is 4.52 Å². The highest BCUT2D eigenvalue weighted by Crippen LogP contribution is 2.17. The van der Waals surface area contributed by atoms with Crippen molar-refractivity contribution in [2.24, 2.45) is 0 Å². The fraction of sp³-hybridized carbons (Fsp3) is 0.500. The lowest BCUT2D eigenvalue weighted by atomic mass is 10.3. The van der Waals surface area contributed by atoms with Crippen molar-refractivity contribution < 1.29 is 9.32 Å². The molecule has 0 aliphatic heterocycles. The summed E-state index contributed by atoms with van der Waals surface area (Å²) < 4.78 is 4.88. The molecule has 1 unspecified atom stereocenters. The number of aromatic nitrogens is 1. The van der Waals surface area contributed by atoms with Crippen LogP contribution in [0, 0.1) is 13.8 Å². The quantitative estimate of drug-likeness (QED) is 0.745. The molecule has 1 amide bonds. The average molecular weight is 203 g/mol. The Morgan fingerprint density at radius 1 is 1.62 bits per heavy atom. The van der Waals surface area contributed by atoms with E-state index in [1.54, 1.807) is 13.8 Å². The standard InChI is InChI=1S/C8H11ClN2O2/c1-4-6(3)11-13-8(4)10-7(12)5(2)9/h5H,1-3H3,(H,10,12). The molecule has 0 spiro atoms. The van der Waals surface area contributed by atoms with E-state index in [0.717, 1.165) is 11.3 Å². The van der Waals surface area contributed by atoms with E-state index in [0.29, 0.717) is 5.88 Å². The highest BCUT2D eigenvalue weighted by atomic mass is 35.5. The van der Waals surface area contributed by atoms with Gasteiger partial charge in [0.15, 0.2) is 0 Å². The summed E-state index contributed by atoms with van der Waals surface area (Å²) in [6.45, 7) is 5.22. The number of carbonyl (C=O) groups is 1. The number of nitrogens with one attached hydrogen (secondary N) is 1. The molecule has 0 aliphatic rings. The van der Waals surface area contributed by atoms with Crippen molar-refractivity contribution in [3.63, 3.8) is 0 Å². The van der Waals surface area contributed by atoms with Gasteiger partial charge in [-0.25, -0.2) is 0 Å². The maximum atomic E-state index is 11.1. The number of amides is 1. The van der Waals surface area contributed by atoms with Crippen LogP contribution in [0.2, 0.25) is 0 Å². The molecule has 5 heteroatoms. The molecule has 0 aliphatic carbocycles. The first-order valence-corrected chi connectivity index (χ1v) is 4.34. The topological polar surface area (TPSA) is 55.1 Å². The minimum atomic E-state index is -0.579. The van der Waals surface area contributed by atoms with Crippen LogP contribution >= 0.6 is 11.6 Å². The van der Waals surface area contributed by atoms with E-state index in [2.05, 4.69) is 10.5 Å². The molecule has 1 atom stereocenters. The van der Waals surface area contributed by atoms with E-state index in [4.69, 9.17) is 16.1 Å². The Morgan fingerprint density at radius 3 is 2.62 bits per heavy atom. The lowest BCUT2D eigenvalue weighted by molar-refractivity contribution is -0.115. The molecule has 4 nitrogen and oxygen atoms in total. The van der Waals surface area contributed by atoms with Crippen LogP contribution in [0.1, 0.15) is 18.2 Å². The monoisotopic (exact) mass is 202 g/mol. The van der Waals surface area contributed by atoms with Crippen LogP contribution < -0.4 is 5.32 Å². The van der Waals surface area contributed by atoms with Gasteiger partial charge in [-0.2, -0.15) is 0 Å². The molecule has 0 fully saturated rings. The van der Waals surface area contributed by atoms with Gasteiger partial charge in [0.2, 0.25) is 11.8 Å². The smallest absolute Gasteiger partial charge is 0.244 e. The minimum Gasteiger partial charge on any atom is -0.338 e. The number of hydrogen-bond acceptors (Lipinski definition) is 3. The van der Waals surface area contributed by atoms with Gasteiger partial charge in [0.05, 0.1) is 5.69 Å². The lowest BCUT2D eigenvalue weighted by Crippen LogP contribution is -2.20. The molecule has 1 rings (SSSR count). The Morgan fingerprint density at radius 2 is 2.23 bits per heavy atom. The number of nitrogens with zero attached hydrogens (tertiary/aromatic N) is 1. The molecular weight excluding hydrogens is 192 g/mol. The fourth-order valence-electron chi connectivity index (χ4n) is 0.743. The van der Waals surface area contributed by atoms with Crippen molar-refractivity contribution in [2.75, 3.05) is 5.32 Å². The molecule has 0 saturated carbocycles. The Bertz CT molecular complexity index is 320. The van der Waals surface area contributed by atoms with Crippen LogP contribution in [-0.4, -0.2) is 16.4 Å². The van der Waals surface area contributed by atoms with Gasteiger partial charge in [-0.15, -0.1) is 11.6 Å². The average Bonchev–Trinajstić information content (AvgIpc) is 2.36. The molecule has 0 bridgehead atoms. The van der Waals surface area contributed by atoms with Crippen molar-refractivity contribution in [2.45, 2.75) is 26.1 Å². The Balaban J connectivity index is 2.75. The third-order valence-corrected chi connectivity index (χ3v) is 1.95. The second-order valence-electron chi connectivity index (χ2n) is 2.83. The van der Waals surface area contributed by atoms with Crippen LogP contribution in [0.4, 0.5) is 5.88 Å². The Kier molecular flexibility index (Phi) is 2.93. The molecule has 0 radical (unpaired) electrons. The SMILES string of the molecule is Cc1noc(NC(=O)C(C)Cl)c1C. The first kappa shape index (κ1) is 10.1. The largest absolute Gasteiger partial charge is 0.338 e. The third kappa shape index (κ3) is 2.21. The third-order valence-electron chi connectivity index (χ3n) is 1.76. The van der Waals surface area contributed by atoms with E-state index in [1.165, 1.54) is 0 Å². The molecule has 1 aromatic rings. The Labute approximate surface area is 81.2 Å². The van der Waals surface area contributed by atoms with Gasteiger partial charge in [-0.3, -0.25) is 10.1 Å². The van der Waals surface area contributed by atoms with Crippen molar-refractivity contribution in [3.05, 3.63) is 11.3 Å². The van der Waals surface area contributed by atoms with Crippen molar-refractivity contribution in [3.8, 4) is 0 Å². The minimum absolute atomic E-state index is 0.291. The molecule has 0 saturated heterocycles. The van der Waals surface area contributed by atoms with Crippen LogP contribution in [0.3, 0.4) is 0 Å². The summed E-state index contributed by atoms with van der Waals surface area (Å²) in [6.07, 6.45) is 0. The summed E-state index contributed by atoms with van der Waals surface area (Å²) in [6, 6.07) is 0. The molecular formula is C8H11ClN2O2. The van der Waals surface area contributed by atoms with Crippen LogP contribution in [-0.2, 0) is 4.79 Å². The van der Waals surface area contributed by atoms with Crippen LogP contribution in [0.15, 0.2) is 4.52 Å². The van der Waals surface area contributed by atoms with Crippen LogP contribution in [0.5, 0.6) is 0 Å².